The van der Waals surface area contributed by atoms with Crippen LogP contribution in [0.2, 0.25) is 0 Å². The fourth-order valence-electron chi connectivity index (χ4n) is 2.96. The summed E-state index contributed by atoms with van der Waals surface area (Å²) < 4.78 is 0. The molecule has 0 saturated heterocycles. The van der Waals surface area contributed by atoms with E-state index in [4.69, 9.17) is 0 Å². The average molecular weight is 259 g/mol. The fraction of sp³-hybridized carbons (Fsp3) is 0.467. The van der Waals surface area contributed by atoms with Crippen molar-refractivity contribution >= 4 is 17.6 Å². The molecule has 1 amide bonds. The third-order valence-electron chi connectivity index (χ3n) is 4.26. The van der Waals surface area contributed by atoms with Crippen LogP contribution < -0.4 is 4.90 Å². The molecule has 0 fully saturated rings. The number of hydrogen-bond acceptors (Lipinski definition) is 2. The number of carboxylic acid groups (broad SMARTS) is 1. The minimum Gasteiger partial charge on any atom is -0.481 e. The minimum atomic E-state index is -0.917. The number of hydrogen-bond donors (Lipinski definition) is 1. The van der Waals surface area contributed by atoms with Crippen molar-refractivity contribution in [3.05, 3.63) is 28.8 Å². The quantitative estimate of drug-likeness (QED) is 0.882. The molecule has 2 aliphatic rings. The summed E-state index contributed by atoms with van der Waals surface area (Å²) in [7, 11) is 0. The zero-order valence-corrected chi connectivity index (χ0v) is 11.2. The fourth-order valence-corrected chi connectivity index (χ4v) is 2.96. The predicted octanol–water partition coefficient (Wildman–Crippen LogP) is 1.88. The zero-order chi connectivity index (χ0) is 13.8. The highest BCUT2D eigenvalue weighted by atomic mass is 16.4. The van der Waals surface area contributed by atoms with Crippen molar-refractivity contribution in [1.82, 2.24) is 0 Å². The molecule has 3 rings (SSSR count). The maximum Gasteiger partial charge on any atom is 0.313 e. The molecule has 1 aromatic carbocycles. The number of amides is 1. The van der Waals surface area contributed by atoms with Gasteiger partial charge >= 0.3 is 5.97 Å². The highest BCUT2D eigenvalue weighted by molar-refractivity contribution is 6.03. The highest BCUT2D eigenvalue weighted by Crippen LogP contribution is 2.40. The van der Waals surface area contributed by atoms with Crippen molar-refractivity contribution in [1.29, 1.82) is 0 Å². The first-order valence-electron chi connectivity index (χ1n) is 6.61. The second kappa shape index (κ2) is 3.83. The van der Waals surface area contributed by atoms with Gasteiger partial charge in [-0.25, -0.2) is 0 Å². The summed E-state index contributed by atoms with van der Waals surface area (Å²) in [4.78, 5) is 25.2. The van der Waals surface area contributed by atoms with Gasteiger partial charge in [0.05, 0.1) is 17.5 Å². The largest absolute Gasteiger partial charge is 0.481 e. The van der Waals surface area contributed by atoms with Crippen LogP contribution in [0.5, 0.6) is 0 Å². The molecule has 0 spiro atoms. The van der Waals surface area contributed by atoms with Crippen molar-refractivity contribution in [3.8, 4) is 0 Å². The minimum absolute atomic E-state index is 0.140. The van der Waals surface area contributed by atoms with Gasteiger partial charge in [-0.3, -0.25) is 9.59 Å². The van der Waals surface area contributed by atoms with Gasteiger partial charge in [0, 0.05) is 6.54 Å². The van der Waals surface area contributed by atoms with Crippen molar-refractivity contribution < 1.29 is 14.7 Å². The molecular weight excluding hydrogens is 242 g/mol. The number of aliphatic carboxylic acids is 1. The van der Waals surface area contributed by atoms with Crippen LogP contribution in [-0.2, 0) is 27.8 Å². The number of benzene rings is 1. The van der Waals surface area contributed by atoms with Crippen LogP contribution in [0.15, 0.2) is 12.1 Å². The van der Waals surface area contributed by atoms with E-state index in [1.807, 2.05) is 17.0 Å². The number of carbonyl (C=O) groups is 2. The Morgan fingerprint density at radius 1 is 1.32 bits per heavy atom. The van der Waals surface area contributed by atoms with E-state index in [2.05, 4.69) is 0 Å². The summed E-state index contributed by atoms with van der Waals surface area (Å²) in [6.45, 7) is 4.21. The smallest absolute Gasteiger partial charge is 0.313 e. The molecule has 0 bridgehead atoms. The first kappa shape index (κ1) is 12.2. The Bertz CT molecular complexity index is 589. The Hall–Kier alpha value is -1.84. The number of carboxylic acids is 1. The topological polar surface area (TPSA) is 57.6 Å². The molecule has 4 nitrogen and oxygen atoms in total. The lowest BCUT2D eigenvalue weighted by molar-refractivity contribution is -0.142. The van der Waals surface area contributed by atoms with E-state index >= 15 is 0 Å². The van der Waals surface area contributed by atoms with Crippen molar-refractivity contribution in [2.45, 2.75) is 38.5 Å². The molecule has 2 aliphatic heterocycles. The molecule has 1 N–H and O–H groups in total. The van der Waals surface area contributed by atoms with Gasteiger partial charge in [-0.05, 0) is 43.4 Å². The molecule has 0 unspecified atom stereocenters. The molecule has 0 atom stereocenters. The number of rotatable bonds is 2. The number of aryl methyl sites for hydroxylation is 1. The lowest BCUT2D eigenvalue weighted by atomic mass is 9.81. The Kier molecular flexibility index (Phi) is 2.46. The lowest BCUT2D eigenvalue weighted by Gasteiger charge is -2.28. The van der Waals surface area contributed by atoms with Crippen LogP contribution in [0.4, 0.5) is 5.69 Å². The van der Waals surface area contributed by atoms with Crippen LogP contribution in [-0.4, -0.2) is 23.5 Å². The molecule has 0 saturated carbocycles. The first-order valence-corrected chi connectivity index (χ1v) is 6.61. The van der Waals surface area contributed by atoms with Crippen LogP contribution in [0.1, 0.15) is 37.0 Å². The molecular formula is C15H17NO3. The zero-order valence-electron chi connectivity index (χ0n) is 11.2. The predicted molar refractivity (Wildman–Crippen MR) is 71.5 cm³/mol. The standard InChI is InChI=1S/C15H17NO3/c1-15(2,14(18)19)11-6-9-4-3-5-16-12(17)8-10(7-11)13(9)16/h6-7H,3-5,8H2,1-2H3,(H,18,19). The van der Waals surface area contributed by atoms with Crippen molar-refractivity contribution in [3.63, 3.8) is 0 Å². The van der Waals surface area contributed by atoms with E-state index in [0.717, 1.165) is 41.8 Å². The number of nitrogens with zero attached hydrogens (tertiary/aromatic N) is 1. The van der Waals surface area contributed by atoms with E-state index in [-0.39, 0.29) is 5.91 Å². The summed E-state index contributed by atoms with van der Waals surface area (Å²) in [5.74, 6) is -0.696. The Morgan fingerprint density at radius 3 is 2.68 bits per heavy atom. The molecule has 1 aromatic rings. The molecule has 2 heterocycles. The van der Waals surface area contributed by atoms with Gasteiger partial charge in [-0.1, -0.05) is 12.1 Å². The van der Waals surface area contributed by atoms with Gasteiger partial charge in [-0.15, -0.1) is 0 Å². The number of carbonyl (C=O) groups excluding carboxylic acids is 1. The van der Waals surface area contributed by atoms with E-state index in [9.17, 15) is 14.7 Å². The Morgan fingerprint density at radius 2 is 2.00 bits per heavy atom. The summed E-state index contributed by atoms with van der Waals surface area (Å²) in [5.41, 5.74) is 3.04. The third kappa shape index (κ3) is 1.66. The molecule has 0 aromatic heterocycles. The summed E-state index contributed by atoms with van der Waals surface area (Å²) in [6.07, 6.45) is 2.29. The summed E-state index contributed by atoms with van der Waals surface area (Å²) >= 11 is 0. The second-order valence-corrected chi connectivity index (χ2v) is 5.90. The van der Waals surface area contributed by atoms with Gasteiger partial charge in [0.2, 0.25) is 5.91 Å². The van der Waals surface area contributed by atoms with Gasteiger partial charge in [0.1, 0.15) is 0 Å². The summed E-state index contributed by atoms with van der Waals surface area (Å²) in [6, 6.07) is 3.87. The SMILES string of the molecule is CC(C)(C(=O)O)c1cc2c3c(c1)CC(=O)N3CCC2. The van der Waals surface area contributed by atoms with Crippen molar-refractivity contribution in [2.24, 2.45) is 0 Å². The molecule has 4 heteroatoms. The summed E-state index contributed by atoms with van der Waals surface area (Å²) in [5, 5.41) is 9.35. The molecule has 100 valence electrons. The van der Waals surface area contributed by atoms with Crippen LogP contribution >= 0.6 is 0 Å². The van der Waals surface area contributed by atoms with Gasteiger partial charge in [-0.2, -0.15) is 0 Å². The second-order valence-electron chi connectivity index (χ2n) is 5.90. The third-order valence-corrected chi connectivity index (χ3v) is 4.26. The lowest BCUT2D eigenvalue weighted by Crippen LogP contribution is -2.32. The Labute approximate surface area is 112 Å². The molecule has 0 aliphatic carbocycles. The van der Waals surface area contributed by atoms with Crippen LogP contribution in [0.3, 0.4) is 0 Å². The van der Waals surface area contributed by atoms with E-state index in [1.165, 1.54) is 0 Å². The Balaban J connectivity index is 2.16. The highest BCUT2D eigenvalue weighted by Gasteiger charge is 2.36. The van der Waals surface area contributed by atoms with Crippen LogP contribution in [0.25, 0.3) is 0 Å². The normalized spacial score (nSPS) is 17.6. The van der Waals surface area contributed by atoms with Crippen molar-refractivity contribution in [2.75, 3.05) is 11.4 Å². The van der Waals surface area contributed by atoms with E-state index < -0.39 is 11.4 Å². The molecule has 0 radical (unpaired) electrons. The first-order chi connectivity index (χ1) is 8.91. The molecule has 19 heavy (non-hydrogen) atoms. The van der Waals surface area contributed by atoms with Gasteiger partial charge in [0.15, 0.2) is 0 Å². The van der Waals surface area contributed by atoms with Gasteiger partial charge < -0.3 is 10.0 Å². The van der Waals surface area contributed by atoms with E-state index in [0.29, 0.717) is 6.42 Å². The average Bonchev–Trinajstić information content (AvgIpc) is 2.68. The van der Waals surface area contributed by atoms with Crippen LogP contribution in [0, 0.1) is 0 Å². The maximum atomic E-state index is 12.0. The maximum absolute atomic E-state index is 12.0. The van der Waals surface area contributed by atoms with E-state index in [1.54, 1.807) is 13.8 Å². The van der Waals surface area contributed by atoms with Gasteiger partial charge in [0.25, 0.3) is 0 Å². The number of anilines is 1. The monoisotopic (exact) mass is 259 g/mol.